The molecule has 10 nitrogen and oxygen atoms in total. The van der Waals surface area contributed by atoms with Crippen molar-refractivity contribution < 1.29 is 4.79 Å². The van der Waals surface area contributed by atoms with Crippen LogP contribution in [0.4, 0.5) is 17.3 Å². The number of anilines is 3. The maximum Gasteiger partial charge on any atom is 0.330 e. The Labute approximate surface area is 204 Å². The molecule has 0 spiro atoms. The zero-order valence-electron chi connectivity index (χ0n) is 21.1. The Balaban J connectivity index is 1.91. The van der Waals surface area contributed by atoms with E-state index >= 15 is 0 Å². The number of benzene rings is 1. The molecule has 3 aromatic rings. The molecule has 4 N–H and O–H groups in total. The van der Waals surface area contributed by atoms with E-state index in [0.717, 1.165) is 29.8 Å². The Morgan fingerprint density at radius 2 is 1.89 bits per heavy atom. The lowest BCUT2D eigenvalue weighted by atomic mass is 10.2. The van der Waals surface area contributed by atoms with Crippen molar-refractivity contribution in [1.82, 2.24) is 19.3 Å². The third-order valence-corrected chi connectivity index (χ3v) is 5.56. The molecule has 2 aromatic heterocycles. The van der Waals surface area contributed by atoms with Gasteiger partial charge in [0.1, 0.15) is 17.3 Å². The molecule has 0 aliphatic carbocycles. The lowest BCUT2D eigenvalue weighted by Crippen LogP contribution is -2.43. The van der Waals surface area contributed by atoms with E-state index < -0.39 is 11.2 Å². The topological polar surface area (TPSA) is 131 Å². The van der Waals surface area contributed by atoms with Gasteiger partial charge in [-0.05, 0) is 38.3 Å². The lowest BCUT2D eigenvalue weighted by Gasteiger charge is -2.27. The Kier molecular flexibility index (Phi) is 8.16. The Morgan fingerprint density at radius 1 is 1.20 bits per heavy atom. The molecule has 0 radical (unpaired) electrons. The Hall–Kier alpha value is -3.82. The van der Waals surface area contributed by atoms with E-state index in [1.165, 1.54) is 4.57 Å². The van der Waals surface area contributed by atoms with Crippen molar-refractivity contribution in [3.63, 3.8) is 0 Å². The third kappa shape index (κ3) is 6.20. The number of nitrogens with two attached hydrogens (primary N) is 1. The molecule has 0 unspecified atom stereocenters. The van der Waals surface area contributed by atoms with Crippen LogP contribution in [0.15, 0.2) is 39.9 Å². The van der Waals surface area contributed by atoms with Gasteiger partial charge in [0.2, 0.25) is 5.91 Å². The molecular weight excluding hydrogens is 446 g/mol. The number of aromatic nitrogens is 4. The first-order chi connectivity index (χ1) is 16.6. The van der Waals surface area contributed by atoms with Crippen LogP contribution in [-0.2, 0) is 11.3 Å². The third-order valence-electron chi connectivity index (χ3n) is 5.56. The van der Waals surface area contributed by atoms with E-state index in [4.69, 9.17) is 5.73 Å². The fraction of sp³-hybridized carbons (Fsp3) is 0.440. The Bertz CT molecular complexity index is 1290. The zero-order chi connectivity index (χ0) is 25.7. The monoisotopic (exact) mass is 481 g/mol. The summed E-state index contributed by atoms with van der Waals surface area (Å²) >= 11 is 0. The number of rotatable bonds is 10. The average Bonchev–Trinajstić information content (AvgIpc) is 3.13. The summed E-state index contributed by atoms with van der Waals surface area (Å²) in [4.78, 5) is 42.3. The van der Waals surface area contributed by atoms with Gasteiger partial charge in [0, 0.05) is 19.2 Å². The van der Waals surface area contributed by atoms with Gasteiger partial charge < -0.3 is 16.0 Å². The maximum atomic E-state index is 13.2. The van der Waals surface area contributed by atoms with E-state index in [0.29, 0.717) is 18.9 Å². The number of H-pyrrole nitrogens is 1. The number of nitrogens with zero attached hydrogens (tertiary/aromatic N) is 4. The molecule has 0 aliphatic heterocycles. The SMILES string of the molecule is CCCCn1c(N)c(N(CC(=O)Nc2cc(C)nn2-c2ccc(C)cc2)CC(C)C)c(=O)[nH]c1=O. The fourth-order valence-electron chi connectivity index (χ4n) is 3.92. The summed E-state index contributed by atoms with van der Waals surface area (Å²) in [5.74, 6) is 0.402. The number of carbonyl (C=O) groups excluding carboxylic acids is 1. The van der Waals surface area contributed by atoms with Crippen LogP contribution >= 0.6 is 0 Å². The quantitative estimate of drug-likeness (QED) is 0.408. The standard InChI is InChI=1S/C25H35N7O3/c1-6-7-12-31-23(26)22(24(34)28-25(31)35)30(14-16(2)3)15-21(33)27-20-13-18(5)29-32(20)19-10-8-17(4)9-11-19/h8-11,13,16H,6-7,12,14-15,26H2,1-5H3,(H,27,33)(H,28,34,35). The second-order valence-electron chi connectivity index (χ2n) is 9.24. The van der Waals surface area contributed by atoms with Crippen LogP contribution in [0, 0.1) is 19.8 Å². The van der Waals surface area contributed by atoms with Crippen molar-refractivity contribution in [3.8, 4) is 5.69 Å². The number of aromatic amines is 1. The molecule has 0 aliphatic rings. The number of carbonyl (C=O) groups is 1. The number of hydrogen-bond donors (Lipinski definition) is 3. The first kappa shape index (κ1) is 25.8. The summed E-state index contributed by atoms with van der Waals surface area (Å²) in [6.07, 6.45) is 1.61. The minimum absolute atomic E-state index is 0.0705. The molecule has 0 saturated carbocycles. The molecule has 188 valence electrons. The molecule has 35 heavy (non-hydrogen) atoms. The molecule has 0 bridgehead atoms. The molecule has 1 aromatic carbocycles. The summed E-state index contributed by atoms with van der Waals surface area (Å²) < 4.78 is 3.03. The highest BCUT2D eigenvalue weighted by Gasteiger charge is 2.22. The summed E-state index contributed by atoms with van der Waals surface area (Å²) in [7, 11) is 0. The molecule has 0 atom stereocenters. The second kappa shape index (κ2) is 11.1. The van der Waals surface area contributed by atoms with Crippen molar-refractivity contribution in [2.45, 2.75) is 54.0 Å². The molecule has 2 heterocycles. The van der Waals surface area contributed by atoms with E-state index in [1.807, 2.05) is 58.9 Å². The smallest absolute Gasteiger partial charge is 0.330 e. The van der Waals surface area contributed by atoms with Gasteiger partial charge in [0.25, 0.3) is 5.56 Å². The largest absolute Gasteiger partial charge is 0.383 e. The number of nitrogen functional groups attached to an aromatic ring is 1. The number of amides is 1. The van der Waals surface area contributed by atoms with Crippen LogP contribution in [0.3, 0.4) is 0 Å². The van der Waals surface area contributed by atoms with Gasteiger partial charge in [0.05, 0.1) is 17.9 Å². The van der Waals surface area contributed by atoms with Gasteiger partial charge >= 0.3 is 5.69 Å². The zero-order valence-corrected chi connectivity index (χ0v) is 21.1. The predicted octanol–water partition coefficient (Wildman–Crippen LogP) is 2.82. The van der Waals surface area contributed by atoms with E-state index in [1.54, 1.807) is 15.6 Å². The van der Waals surface area contributed by atoms with Gasteiger partial charge in [-0.2, -0.15) is 5.10 Å². The van der Waals surface area contributed by atoms with Crippen molar-refractivity contribution in [3.05, 3.63) is 62.4 Å². The van der Waals surface area contributed by atoms with Crippen molar-refractivity contribution >= 4 is 23.2 Å². The number of unbranched alkanes of at least 4 members (excludes halogenated alkanes) is 1. The molecular formula is C25H35N7O3. The second-order valence-corrected chi connectivity index (χ2v) is 9.24. The molecule has 3 rings (SSSR count). The van der Waals surface area contributed by atoms with Crippen LogP contribution in [0.1, 0.15) is 44.9 Å². The minimum atomic E-state index is -0.603. The first-order valence-electron chi connectivity index (χ1n) is 11.9. The highest BCUT2D eigenvalue weighted by atomic mass is 16.2. The summed E-state index contributed by atoms with van der Waals surface area (Å²) in [5.41, 5.74) is 7.98. The van der Waals surface area contributed by atoms with E-state index in [9.17, 15) is 14.4 Å². The van der Waals surface area contributed by atoms with Gasteiger partial charge in [0.15, 0.2) is 0 Å². The predicted molar refractivity (Wildman–Crippen MR) is 139 cm³/mol. The highest BCUT2D eigenvalue weighted by molar-refractivity contribution is 5.94. The number of nitrogens with one attached hydrogen (secondary N) is 2. The van der Waals surface area contributed by atoms with Crippen LogP contribution in [0.2, 0.25) is 0 Å². The van der Waals surface area contributed by atoms with Crippen LogP contribution in [0.5, 0.6) is 0 Å². The highest BCUT2D eigenvalue weighted by Crippen LogP contribution is 2.20. The van der Waals surface area contributed by atoms with E-state index in [2.05, 4.69) is 15.4 Å². The van der Waals surface area contributed by atoms with Crippen LogP contribution in [0.25, 0.3) is 5.69 Å². The lowest BCUT2D eigenvalue weighted by molar-refractivity contribution is -0.115. The normalized spacial score (nSPS) is 11.1. The first-order valence-corrected chi connectivity index (χ1v) is 11.9. The molecule has 1 amide bonds. The number of aryl methyl sites for hydroxylation is 2. The molecule has 0 fully saturated rings. The molecule has 10 heteroatoms. The summed E-state index contributed by atoms with van der Waals surface area (Å²) in [6.45, 7) is 10.5. The van der Waals surface area contributed by atoms with Crippen LogP contribution in [-0.4, -0.2) is 38.3 Å². The van der Waals surface area contributed by atoms with Gasteiger partial charge in [-0.3, -0.25) is 19.1 Å². The fourth-order valence-corrected chi connectivity index (χ4v) is 3.92. The maximum absolute atomic E-state index is 13.2. The average molecular weight is 482 g/mol. The number of hydrogen-bond acceptors (Lipinski definition) is 6. The summed E-state index contributed by atoms with van der Waals surface area (Å²) in [6, 6.07) is 9.61. The van der Waals surface area contributed by atoms with E-state index in [-0.39, 0.29) is 29.9 Å². The molecule has 0 saturated heterocycles. The van der Waals surface area contributed by atoms with Crippen molar-refractivity contribution in [2.24, 2.45) is 5.92 Å². The minimum Gasteiger partial charge on any atom is -0.383 e. The summed E-state index contributed by atoms with van der Waals surface area (Å²) in [5, 5.41) is 7.42. The van der Waals surface area contributed by atoms with Crippen molar-refractivity contribution in [1.29, 1.82) is 0 Å². The van der Waals surface area contributed by atoms with Gasteiger partial charge in [-0.15, -0.1) is 0 Å². The Morgan fingerprint density at radius 3 is 2.51 bits per heavy atom. The van der Waals surface area contributed by atoms with Crippen molar-refractivity contribution in [2.75, 3.05) is 29.0 Å². The van der Waals surface area contributed by atoms with Gasteiger partial charge in [-0.1, -0.05) is 44.9 Å². The van der Waals surface area contributed by atoms with Gasteiger partial charge in [-0.25, -0.2) is 9.48 Å². The van der Waals surface area contributed by atoms with Crippen LogP contribution < -0.4 is 27.2 Å².